The quantitative estimate of drug-likeness (QED) is 0.809. The van der Waals surface area contributed by atoms with Crippen LogP contribution in [0.25, 0.3) is 0 Å². The van der Waals surface area contributed by atoms with Gasteiger partial charge in [-0.1, -0.05) is 33.8 Å². The van der Waals surface area contributed by atoms with Crippen molar-refractivity contribution in [1.82, 2.24) is 4.98 Å². The summed E-state index contributed by atoms with van der Waals surface area (Å²) in [4.78, 5) is 16.9. The number of aryl methyl sites for hydroxylation is 1. The summed E-state index contributed by atoms with van der Waals surface area (Å²) in [5, 5.41) is 0. The first-order valence-corrected chi connectivity index (χ1v) is 8.36. The van der Waals surface area contributed by atoms with Gasteiger partial charge in [0.2, 0.25) is 0 Å². The Morgan fingerprint density at radius 2 is 1.86 bits per heavy atom. The van der Waals surface area contributed by atoms with Crippen molar-refractivity contribution in [3.63, 3.8) is 0 Å². The molecule has 116 valence electrons. The van der Waals surface area contributed by atoms with Gasteiger partial charge in [0.15, 0.2) is 0 Å². The van der Waals surface area contributed by atoms with Crippen molar-refractivity contribution in [2.24, 2.45) is 17.3 Å². The third kappa shape index (κ3) is 4.39. The second-order valence-corrected chi connectivity index (χ2v) is 7.57. The molecule has 0 aliphatic heterocycles. The SMILES string of the molecule is CCc1ccc(CC(=O)C2CCC(C(C)(C)C)CC2)nc1. The molecule has 0 saturated heterocycles. The highest BCUT2D eigenvalue weighted by Gasteiger charge is 2.32. The van der Waals surface area contributed by atoms with Gasteiger partial charge in [-0.15, -0.1) is 0 Å². The maximum atomic E-state index is 12.4. The molecule has 0 atom stereocenters. The Bertz CT molecular complexity index is 461. The average Bonchev–Trinajstić information content (AvgIpc) is 2.47. The van der Waals surface area contributed by atoms with Gasteiger partial charge < -0.3 is 0 Å². The van der Waals surface area contributed by atoms with Crippen LogP contribution in [0.15, 0.2) is 18.3 Å². The lowest BCUT2D eigenvalue weighted by Gasteiger charge is -2.36. The van der Waals surface area contributed by atoms with Crippen molar-refractivity contribution in [1.29, 1.82) is 0 Å². The van der Waals surface area contributed by atoms with Crippen LogP contribution in [-0.2, 0) is 17.6 Å². The second-order valence-electron chi connectivity index (χ2n) is 7.57. The molecule has 21 heavy (non-hydrogen) atoms. The zero-order valence-corrected chi connectivity index (χ0v) is 14.0. The minimum absolute atomic E-state index is 0.260. The standard InChI is InChI=1S/C19H29NO/c1-5-14-6-11-17(20-13-14)12-18(21)15-7-9-16(10-8-15)19(2,3)4/h6,11,13,15-16H,5,7-10,12H2,1-4H3. The van der Waals surface area contributed by atoms with Gasteiger partial charge in [-0.25, -0.2) is 0 Å². The fourth-order valence-electron chi connectivity index (χ4n) is 3.37. The van der Waals surface area contributed by atoms with E-state index < -0.39 is 0 Å². The fourth-order valence-corrected chi connectivity index (χ4v) is 3.37. The van der Waals surface area contributed by atoms with E-state index in [0.717, 1.165) is 30.9 Å². The van der Waals surface area contributed by atoms with Crippen molar-refractivity contribution < 1.29 is 4.79 Å². The number of aromatic nitrogens is 1. The van der Waals surface area contributed by atoms with Gasteiger partial charge in [-0.2, -0.15) is 0 Å². The lowest BCUT2D eigenvalue weighted by Crippen LogP contribution is -2.29. The van der Waals surface area contributed by atoms with Gasteiger partial charge in [0.25, 0.3) is 0 Å². The summed E-state index contributed by atoms with van der Waals surface area (Å²) in [5.74, 6) is 1.42. The maximum Gasteiger partial charge on any atom is 0.141 e. The molecule has 2 heteroatoms. The average molecular weight is 287 g/mol. The van der Waals surface area contributed by atoms with Gasteiger partial charge >= 0.3 is 0 Å². The normalized spacial score (nSPS) is 23.0. The predicted molar refractivity (Wildman–Crippen MR) is 87.2 cm³/mol. The molecule has 0 unspecified atom stereocenters. The number of hydrogen-bond donors (Lipinski definition) is 0. The molecule has 0 aromatic carbocycles. The Kier molecular flexibility index (Phi) is 5.18. The third-order valence-corrected chi connectivity index (χ3v) is 5.06. The molecule has 1 saturated carbocycles. The number of pyridine rings is 1. The molecule has 1 aromatic rings. The second kappa shape index (κ2) is 6.72. The molecule has 2 nitrogen and oxygen atoms in total. The maximum absolute atomic E-state index is 12.4. The van der Waals surface area contributed by atoms with Crippen LogP contribution >= 0.6 is 0 Å². The fraction of sp³-hybridized carbons (Fsp3) is 0.684. The molecule has 0 N–H and O–H groups in total. The first-order chi connectivity index (χ1) is 9.90. The molecule has 1 aromatic heterocycles. The van der Waals surface area contributed by atoms with Crippen molar-refractivity contribution >= 4 is 5.78 Å². The molecule has 1 aliphatic carbocycles. The van der Waals surface area contributed by atoms with Crippen LogP contribution in [0, 0.1) is 17.3 Å². The summed E-state index contributed by atoms with van der Waals surface area (Å²) < 4.78 is 0. The minimum Gasteiger partial charge on any atom is -0.299 e. The van der Waals surface area contributed by atoms with Gasteiger partial charge in [0.1, 0.15) is 5.78 Å². The highest BCUT2D eigenvalue weighted by atomic mass is 16.1. The molecule has 0 spiro atoms. The first kappa shape index (κ1) is 16.2. The van der Waals surface area contributed by atoms with Gasteiger partial charge in [-0.05, 0) is 55.1 Å². The van der Waals surface area contributed by atoms with E-state index in [1.807, 2.05) is 12.3 Å². The molecular formula is C19H29NO. The van der Waals surface area contributed by atoms with Crippen molar-refractivity contribution in [2.45, 2.75) is 66.2 Å². The highest BCUT2D eigenvalue weighted by molar-refractivity contribution is 5.82. The van der Waals surface area contributed by atoms with Gasteiger partial charge in [-0.3, -0.25) is 9.78 Å². The van der Waals surface area contributed by atoms with E-state index in [4.69, 9.17) is 0 Å². The van der Waals surface area contributed by atoms with Crippen molar-refractivity contribution in [3.05, 3.63) is 29.6 Å². The van der Waals surface area contributed by atoms with E-state index in [1.165, 1.54) is 18.4 Å². The van der Waals surface area contributed by atoms with Crippen LogP contribution in [0.3, 0.4) is 0 Å². The zero-order chi connectivity index (χ0) is 15.5. The van der Waals surface area contributed by atoms with Crippen molar-refractivity contribution in [2.75, 3.05) is 0 Å². The van der Waals surface area contributed by atoms with Crippen LogP contribution in [0.5, 0.6) is 0 Å². The summed E-state index contributed by atoms with van der Waals surface area (Å²) in [7, 11) is 0. The summed E-state index contributed by atoms with van der Waals surface area (Å²) in [6.07, 6.45) is 7.93. The monoisotopic (exact) mass is 287 g/mol. The molecule has 0 radical (unpaired) electrons. The molecule has 0 bridgehead atoms. The molecule has 1 aliphatic rings. The number of carbonyl (C=O) groups excluding carboxylic acids is 1. The van der Waals surface area contributed by atoms with Crippen molar-refractivity contribution in [3.8, 4) is 0 Å². The van der Waals surface area contributed by atoms with Gasteiger partial charge in [0.05, 0.1) is 0 Å². The Labute approximate surface area is 129 Å². The number of ketones is 1. The molecule has 0 amide bonds. The molecular weight excluding hydrogens is 258 g/mol. The summed E-state index contributed by atoms with van der Waals surface area (Å²) in [6.45, 7) is 9.08. The lowest BCUT2D eigenvalue weighted by molar-refractivity contribution is -0.123. The van der Waals surface area contributed by atoms with Crippen LogP contribution in [0.2, 0.25) is 0 Å². The number of nitrogens with zero attached hydrogens (tertiary/aromatic N) is 1. The number of carbonyl (C=O) groups is 1. The smallest absolute Gasteiger partial charge is 0.141 e. The first-order valence-electron chi connectivity index (χ1n) is 8.36. The zero-order valence-electron chi connectivity index (χ0n) is 14.0. The topological polar surface area (TPSA) is 30.0 Å². The Balaban J connectivity index is 1.87. The highest BCUT2D eigenvalue weighted by Crippen LogP contribution is 2.40. The van der Waals surface area contributed by atoms with E-state index in [9.17, 15) is 4.79 Å². The largest absolute Gasteiger partial charge is 0.299 e. The van der Waals surface area contributed by atoms with E-state index >= 15 is 0 Å². The lowest BCUT2D eigenvalue weighted by atomic mass is 9.69. The minimum atomic E-state index is 0.260. The molecule has 1 fully saturated rings. The van der Waals surface area contributed by atoms with Crippen LogP contribution < -0.4 is 0 Å². The number of Topliss-reactive ketones (excluding diaryl/α,β-unsaturated/α-hetero) is 1. The van der Waals surface area contributed by atoms with Crippen LogP contribution in [0.1, 0.15) is 64.6 Å². The number of rotatable bonds is 4. The summed E-state index contributed by atoms with van der Waals surface area (Å²) in [5.41, 5.74) is 2.54. The van der Waals surface area contributed by atoms with E-state index in [-0.39, 0.29) is 5.92 Å². The van der Waals surface area contributed by atoms with Gasteiger partial charge in [0, 0.05) is 24.2 Å². The van der Waals surface area contributed by atoms with E-state index in [1.54, 1.807) is 0 Å². The summed E-state index contributed by atoms with van der Waals surface area (Å²) in [6, 6.07) is 4.10. The van der Waals surface area contributed by atoms with E-state index in [2.05, 4.69) is 38.7 Å². The van der Waals surface area contributed by atoms with Crippen LogP contribution in [-0.4, -0.2) is 10.8 Å². The predicted octanol–water partition coefficient (Wildman–Crippen LogP) is 4.61. The third-order valence-electron chi connectivity index (χ3n) is 5.06. The Morgan fingerprint density at radius 1 is 1.19 bits per heavy atom. The summed E-state index contributed by atoms with van der Waals surface area (Å²) >= 11 is 0. The van der Waals surface area contributed by atoms with Crippen LogP contribution in [0.4, 0.5) is 0 Å². The number of hydrogen-bond acceptors (Lipinski definition) is 2. The molecule has 2 rings (SSSR count). The Hall–Kier alpha value is -1.18. The Morgan fingerprint density at radius 3 is 2.33 bits per heavy atom. The van der Waals surface area contributed by atoms with E-state index in [0.29, 0.717) is 17.6 Å². The molecule has 1 heterocycles.